The average molecular weight is 223 g/mol. The van der Waals surface area contributed by atoms with Gasteiger partial charge in [-0.1, -0.05) is 0 Å². The summed E-state index contributed by atoms with van der Waals surface area (Å²) in [6, 6.07) is 0. The second-order valence-electron chi connectivity index (χ2n) is 3.15. The molecule has 0 atom stereocenters. The fraction of sp³-hybridized carbons (Fsp3) is 0.333. The van der Waals surface area contributed by atoms with Gasteiger partial charge in [-0.15, -0.1) is 0 Å². The number of nitrogens with zero attached hydrogens (tertiary/aromatic N) is 2. The third-order valence-electron chi connectivity index (χ3n) is 2.41. The summed E-state index contributed by atoms with van der Waals surface area (Å²) in [6.45, 7) is 0.137. The Labute approximate surface area is 90.2 Å². The van der Waals surface area contributed by atoms with Gasteiger partial charge in [0.2, 0.25) is 18.3 Å². The van der Waals surface area contributed by atoms with Crippen LogP contribution in [0.15, 0.2) is 0 Å². The molecule has 16 heavy (non-hydrogen) atoms. The lowest BCUT2D eigenvalue weighted by molar-refractivity contribution is 0.169. The van der Waals surface area contributed by atoms with Crippen molar-refractivity contribution in [2.75, 3.05) is 21.0 Å². The fourth-order valence-electron chi connectivity index (χ4n) is 1.76. The molecule has 7 heteroatoms. The van der Waals surface area contributed by atoms with E-state index in [-0.39, 0.29) is 6.79 Å². The molecule has 0 saturated heterocycles. The van der Waals surface area contributed by atoms with Gasteiger partial charge < -0.3 is 18.9 Å². The van der Waals surface area contributed by atoms with Crippen LogP contribution in [0.1, 0.15) is 0 Å². The van der Waals surface area contributed by atoms with Crippen LogP contribution in [-0.2, 0) is 0 Å². The molecule has 2 heterocycles. The number of benzene rings is 1. The molecule has 0 bridgehead atoms. The number of rotatable bonds is 2. The molecule has 1 aliphatic rings. The summed E-state index contributed by atoms with van der Waals surface area (Å²) >= 11 is 0. The van der Waals surface area contributed by atoms with Crippen LogP contribution in [0.5, 0.6) is 23.0 Å². The summed E-state index contributed by atoms with van der Waals surface area (Å²) in [7, 11) is 3.08. The number of hydrogen-bond donors (Lipinski definition) is 1. The Hall–Kier alpha value is -2.18. The molecule has 7 nitrogen and oxygen atoms in total. The number of ether oxygens (including phenoxy) is 4. The van der Waals surface area contributed by atoms with E-state index in [1.165, 1.54) is 14.2 Å². The van der Waals surface area contributed by atoms with Crippen molar-refractivity contribution in [2.24, 2.45) is 0 Å². The molecule has 1 aromatic carbocycles. The number of aromatic nitrogens is 3. The van der Waals surface area contributed by atoms with Gasteiger partial charge in [0.1, 0.15) is 0 Å². The molecule has 0 unspecified atom stereocenters. The van der Waals surface area contributed by atoms with Gasteiger partial charge in [-0.2, -0.15) is 15.4 Å². The van der Waals surface area contributed by atoms with Crippen LogP contribution in [0.2, 0.25) is 0 Å². The van der Waals surface area contributed by atoms with E-state index < -0.39 is 0 Å². The molecule has 1 N–H and O–H groups in total. The summed E-state index contributed by atoms with van der Waals surface area (Å²) in [5.41, 5.74) is 1.12. The van der Waals surface area contributed by atoms with Crippen LogP contribution in [0.25, 0.3) is 11.0 Å². The van der Waals surface area contributed by atoms with Crippen molar-refractivity contribution in [3.8, 4) is 23.0 Å². The van der Waals surface area contributed by atoms with Crippen LogP contribution in [-0.4, -0.2) is 36.4 Å². The first-order chi connectivity index (χ1) is 7.86. The zero-order chi connectivity index (χ0) is 11.1. The molecule has 1 aromatic heterocycles. The van der Waals surface area contributed by atoms with Gasteiger partial charge in [0, 0.05) is 0 Å². The normalized spacial score (nSPS) is 13.1. The van der Waals surface area contributed by atoms with E-state index in [2.05, 4.69) is 15.4 Å². The van der Waals surface area contributed by atoms with Crippen molar-refractivity contribution in [2.45, 2.75) is 0 Å². The minimum atomic E-state index is 0.137. The smallest absolute Gasteiger partial charge is 0.231 e. The Morgan fingerprint density at radius 2 is 1.50 bits per heavy atom. The van der Waals surface area contributed by atoms with Gasteiger partial charge in [-0.3, -0.25) is 0 Å². The van der Waals surface area contributed by atoms with E-state index >= 15 is 0 Å². The summed E-state index contributed by atoms with van der Waals surface area (Å²) in [5, 5.41) is 10.5. The van der Waals surface area contributed by atoms with E-state index in [0.29, 0.717) is 34.0 Å². The quantitative estimate of drug-likeness (QED) is 0.807. The third-order valence-corrected chi connectivity index (χ3v) is 2.41. The number of hydrogen-bond acceptors (Lipinski definition) is 6. The molecular weight excluding hydrogens is 214 g/mol. The van der Waals surface area contributed by atoms with E-state index in [4.69, 9.17) is 18.9 Å². The fourth-order valence-corrected chi connectivity index (χ4v) is 1.76. The largest absolute Gasteiger partial charge is 0.491 e. The minimum absolute atomic E-state index is 0.137. The van der Waals surface area contributed by atoms with Crippen molar-refractivity contribution in [3.05, 3.63) is 0 Å². The molecule has 1 aliphatic heterocycles. The Morgan fingerprint density at radius 3 is 1.94 bits per heavy atom. The lowest BCUT2D eigenvalue weighted by Crippen LogP contribution is -1.94. The van der Waals surface area contributed by atoms with Gasteiger partial charge in [0.25, 0.3) is 0 Å². The number of aromatic amines is 1. The highest BCUT2D eigenvalue weighted by atomic mass is 16.7. The second-order valence-corrected chi connectivity index (χ2v) is 3.15. The molecule has 0 saturated carbocycles. The maximum atomic E-state index is 5.33. The van der Waals surface area contributed by atoms with Crippen LogP contribution in [0.4, 0.5) is 0 Å². The first-order valence-corrected chi connectivity index (χ1v) is 4.60. The van der Waals surface area contributed by atoms with Crippen molar-refractivity contribution >= 4 is 11.0 Å². The topological polar surface area (TPSA) is 78.5 Å². The molecule has 0 amide bonds. The van der Waals surface area contributed by atoms with Gasteiger partial charge in [-0.05, 0) is 0 Å². The van der Waals surface area contributed by atoms with E-state index in [1.807, 2.05) is 0 Å². The molecule has 2 aromatic rings. The van der Waals surface area contributed by atoms with Crippen molar-refractivity contribution in [3.63, 3.8) is 0 Å². The molecule has 84 valence electrons. The Balaban J connectivity index is 2.43. The maximum Gasteiger partial charge on any atom is 0.231 e. The number of methoxy groups -OCH3 is 2. The third kappa shape index (κ3) is 0.967. The molecule has 3 rings (SSSR count). The van der Waals surface area contributed by atoms with Crippen LogP contribution in [0, 0.1) is 0 Å². The molecule has 0 aliphatic carbocycles. The SMILES string of the molecule is COc1c2c(c(OC)c3n[nH]nc13)OCO2. The molecular formula is C9H9N3O4. The zero-order valence-corrected chi connectivity index (χ0v) is 8.73. The highest BCUT2D eigenvalue weighted by Gasteiger charge is 2.30. The lowest BCUT2D eigenvalue weighted by Gasteiger charge is -2.08. The predicted octanol–water partition coefficient (Wildman–Crippen LogP) is 0.704. The Bertz CT molecular complexity index is 505. The number of fused-ring (bicyclic) bond motifs is 2. The number of nitrogens with one attached hydrogen (secondary N) is 1. The Kier molecular flexibility index (Phi) is 1.79. The minimum Gasteiger partial charge on any atom is -0.491 e. The van der Waals surface area contributed by atoms with E-state index in [1.54, 1.807) is 0 Å². The van der Waals surface area contributed by atoms with Gasteiger partial charge in [-0.25, -0.2) is 0 Å². The summed E-state index contributed by atoms with van der Waals surface area (Å²) < 4.78 is 21.2. The molecule has 0 fully saturated rings. The van der Waals surface area contributed by atoms with Crippen molar-refractivity contribution in [1.82, 2.24) is 15.4 Å². The van der Waals surface area contributed by atoms with Gasteiger partial charge in [0.05, 0.1) is 14.2 Å². The van der Waals surface area contributed by atoms with Crippen molar-refractivity contribution < 1.29 is 18.9 Å². The summed E-state index contributed by atoms with van der Waals surface area (Å²) in [4.78, 5) is 0. The lowest BCUT2D eigenvalue weighted by atomic mass is 10.2. The average Bonchev–Trinajstić information content (AvgIpc) is 2.93. The van der Waals surface area contributed by atoms with E-state index in [9.17, 15) is 0 Å². The standard InChI is InChI=1S/C9H9N3O4/c1-13-6-4-5(11-12-10-4)7(14-2)9-8(6)15-3-16-9/h3H2,1-2H3,(H,10,11,12). The Morgan fingerprint density at radius 1 is 1.00 bits per heavy atom. The number of H-pyrrole nitrogens is 1. The highest BCUT2D eigenvalue weighted by molar-refractivity contribution is 5.93. The highest BCUT2D eigenvalue weighted by Crippen LogP contribution is 2.51. The first-order valence-electron chi connectivity index (χ1n) is 4.60. The van der Waals surface area contributed by atoms with Gasteiger partial charge in [0.15, 0.2) is 22.5 Å². The van der Waals surface area contributed by atoms with Crippen molar-refractivity contribution in [1.29, 1.82) is 0 Å². The van der Waals surface area contributed by atoms with Crippen LogP contribution >= 0.6 is 0 Å². The van der Waals surface area contributed by atoms with Crippen LogP contribution in [0.3, 0.4) is 0 Å². The first kappa shape index (κ1) is 9.08. The van der Waals surface area contributed by atoms with Crippen LogP contribution < -0.4 is 18.9 Å². The maximum absolute atomic E-state index is 5.33. The zero-order valence-electron chi connectivity index (χ0n) is 8.73. The monoisotopic (exact) mass is 223 g/mol. The molecule has 0 radical (unpaired) electrons. The van der Waals surface area contributed by atoms with Gasteiger partial charge >= 0.3 is 0 Å². The second kappa shape index (κ2) is 3.16. The summed E-state index contributed by atoms with van der Waals surface area (Å²) in [6.07, 6.45) is 0. The predicted molar refractivity (Wildman–Crippen MR) is 53.1 cm³/mol. The molecule has 0 spiro atoms. The van der Waals surface area contributed by atoms with E-state index in [0.717, 1.165) is 0 Å². The summed E-state index contributed by atoms with van der Waals surface area (Å²) in [5.74, 6) is 2.00.